The predicted octanol–water partition coefficient (Wildman–Crippen LogP) is 5.00. The van der Waals surface area contributed by atoms with Crippen LogP contribution in [0.1, 0.15) is 44.2 Å². The molecular formula is C37H46N4O3. The molecule has 0 aliphatic carbocycles. The summed E-state index contributed by atoms with van der Waals surface area (Å²) in [6.07, 6.45) is 5.93. The number of benzene rings is 3. The predicted molar refractivity (Wildman–Crippen MR) is 177 cm³/mol. The Labute approximate surface area is 262 Å². The van der Waals surface area contributed by atoms with E-state index in [1.807, 2.05) is 79.4 Å². The van der Waals surface area contributed by atoms with Crippen LogP contribution in [0.5, 0.6) is 0 Å². The first-order valence-electron chi connectivity index (χ1n) is 15.4. The van der Waals surface area contributed by atoms with Crippen molar-refractivity contribution in [2.75, 3.05) is 27.2 Å². The number of amides is 3. The zero-order chi connectivity index (χ0) is 31.7. The normalized spacial score (nSPS) is 15.5. The maximum atomic E-state index is 14.2. The number of likely N-dealkylation sites (N-methyl/N-ethyl adjacent to an activating group) is 1. The Balaban J connectivity index is 1.54. The lowest BCUT2D eigenvalue weighted by atomic mass is 9.73. The Hall–Kier alpha value is -4.23. The SMILES string of the molecule is CNC(=O)C1(Cc2ccccc2)CCN(C(=O)C(Cc2ccc(-c3ccccc3)cc2)N(C)C(=O)/C=C/CC(C)(C)N)CC1. The van der Waals surface area contributed by atoms with Gasteiger partial charge in [0.25, 0.3) is 0 Å². The number of likely N-dealkylation sites (tertiary alicyclic amines) is 1. The zero-order valence-electron chi connectivity index (χ0n) is 26.5. The molecule has 1 atom stereocenters. The first kappa shape index (κ1) is 32.7. The maximum absolute atomic E-state index is 14.2. The molecule has 4 rings (SSSR count). The first-order valence-corrected chi connectivity index (χ1v) is 15.4. The summed E-state index contributed by atoms with van der Waals surface area (Å²) >= 11 is 0. The molecule has 3 amide bonds. The van der Waals surface area contributed by atoms with Gasteiger partial charge < -0.3 is 20.9 Å². The van der Waals surface area contributed by atoms with E-state index in [9.17, 15) is 14.4 Å². The van der Waals surface area contributed by atoms with Crippen molar-refractivity contribution in [3.63, 3.8) is 0 Å². The van der Waals surface area contributed by atoms with E-state index in [0.717, 1.165) is 22.3 Å². The molecule has 0 saturated carbocycles. The molecule has 0 radical (unpaired) electrons. The zero-order valence-corrected chi connectivity index (χ0v) is 26.5. The molecule has 232 valence electrons. The van der Waals surface area contributed by atoms with E-state index in [4.69, 9.17) is 5.73 Å². The van der Waals surface area contributed by atoms with E-state index in [-0.39, 0.29) is 17.7 Å². The van der Waals surface area contributed by atoms with Crippen LogP contribution in [-0.4, -0.2) is 66.3 Å². The molecule has 1 aliphatic rings. The second-order valence-electron chi connectivity index (χ2n) is 12.7. The summed E-state index contributed by atoms with van der Waals surface area (Å²) < 4.78 is 0. The molecule has 7 nitrogen and oxygen atoms in total. The summed E-state index contributed by atoms with van der Waals surface area (Å²) in [7, 11) is 3.36. The number of carbonyl (C=O) groups excluding carboxylic acids is 3. The lowest BCUT2D eigenvalue weighted by molar-refractivity contribution is -0.146. The van der Waals surface area contributed by atoms with Gasteiger partial charge in [-0.2, -0.15) is 0 Å². The smallest absolute Gasteiger partial charge is 0.246 e. The molecule has 3 aromatic rings. The van der Waals surface area contributed by atoms with Crippen molar-refractivity contribution >= 4 is 17.7 Å². The summed E-state index contributed by atoms with van der Waals surface area (Å²) in [4.78, 5) is 44.0. The second-order valence-corrected chi connectivity index (χ2v) is 12.7. The molecule has 1 fully saturated rings. The van der Waals surface area contributed by atoms with Crippen molar-refractivity contribution < 1.29 is 14.4 Å². The quantitative estimate of drug-likeness (QED) is 0.305. The highest BCUT2D eigenvalue weighted by atomic mass is 16.2. The Kier molecular flexibility index (Phi) is 10.8. The number of nitrogens with one attached hydrogen (secondary N) is 1. The summed E-state index contributed by atoms with van der Waals surface area (Å²) in [5, 5.41) is 2.86. The number of hydrogen-bond donors (Lipinski definition) is 2. The maximum Gasteiger partial charge on any atom is 0.246 e. The van der Waals surface area contributed by atoms with Crippen molar-refractivity contribution in [2.45, 2.75) is 57.5 Å². The van der Waals surface area contributed by atoms with Gasteiger partial charge in [-0.05, 0) is 67.9 Å². The minimum Gasteiger partial charge on any atom is -0.359 e. The van der Waals surface area contributed by atoms with Crippen LogP contribution in [-0.2, 0) is 27.2 Å². The fourth-order valence-electron chi connectivity index (χ4n) is 5.91. The van der Waals surface area contributed by atoms with Crippen molar-refractivity contribution in [3.05, 3.63) is 108 Å². The molecule has 44 heavy (non-hydrogen) atoms. The van der Waals surface area contributed by atoms with E-state index >= 15 is 0 Å². The van der Waals surface area contributed by atoms with Crippen LogP contribution < -0.4 is 11.1 Å². The fraction of sp³-hybridized carbons (Fsp3) is 0.378. The summed E-state index contributed by atoms with van der Waals surface area (Å²) in [5.74, 6) is -0.344. The van der Waals surface area contributed by atoms with Gasteiger partial charge in [0.1, 0.15) is 6.04 Å². The van der Waals surface area contributed by atoms with Gasteiger partial charge in [-0.25, -0.2) is 0 Å². The molecule has 0 spiro atoms. The van der Waals surface area contributed by atoms with Gasteiger partial charge >= 0.3 is 0 Å². The van der Waals surface area contributed by atoms with Crippen LogP contribution >= 0.6 is 0 Å². The standard InChI is InChI=1S/C37H46N4O3/c1-36(2,38)21-11-16-33(42)40(4)32(26-28-17-19-31(20-18-28)30-14-9-6-10-15-30)34(43)41-24-22-37(23-25-41,35(44)39-3)27-29-12-7-5-8-13-29/h5-20,32H,21-27,38H2,1-4H3,(H,39,44)/b16-11+. The second kappa shape index (κ2) is 14.5. The van der Waals surface area contributed by atoms with Crippen LogP contribution in [0.15, 0.2) is 97.1 Å². The molecule has 1 aliphatic heterocycles. The van der Waals surface area contributed by atoms with Crippen molar-refractivity contribution in [1.29, 1.82) is 0 Å². The van der Waals surface area contributed by atoms with E-state index in [1.165, 1.54) is 11.0 Å². The van der Waals surface area contributed by atoms with Crippen LogP contribution in [0, 0.1) is 5.41 Å². The summed E-state index contributed by atoms with van der Waals surface area (Å²) in [6, 6.07) is 27.6. The largest absolute Gasteiger partial charge is 0.359 e. The van der Waals surface area contributed by atoms with E-state index in [0.29, 0.717) is 45.2 Å². The van der Waals surface area contributed by atoms with Crippen molar-refractivity contribution in [2.24, 2.45) is 11.1 Å². The first-order chi connectivity index (χ1) is 21.0. The van der Waals surface area contributed by atoms with Crippen LogP contribution in [0.25, 0.3) is 11.1 Å². The molecule has 0 aromatic heterocycles. The molecule has 1 saturated heterocycles. The minimum absolute atomic E-state index is 0.00349. The van der Waals surface area contributed by atoms with Gasteiger partial charge in [-0.1, -0.05) is 91.0 Å². The Bertz CT molecular complexity index is 1420. The molecule has 3 N–H and O–H groups in total. The van der Waals surface area contributed by atoms with Gasteiger partial charge in [-0.15, -0.1) is 0 Å². The fourth-order valence-corrected chi connectivity index (χ4v) is 5.91. The molecule has 1 heterocycles. The lowest BCUT2D eigenvalue weighted by Gasteiger charge is -2.42. The van der Waals surface area contributed by atoms with Crippen LogP contribution in [0.2, 0.25) is 0 Å². The summed E-state index contributed by atoms with van der Waals surface area (Å²) in [5.41, 5.74) is 9.36. The lowest BCUT2D eigenvalue weighted by Crippen LogP contribution is -2.55. The van der Waals surface area contributed by atoms with E-state index in [1.54, 1.807) is 20.2 Å². The number of nitrogens with two attached hydrogens (primary N) is 1. The topological polar surface area (TPSA) is 95.7 Å². The van der Waals surface area contributed by atoms with Gasteiger partial charge in [0, 0.05) is 39.1 Å². The number of carbonyl (C=O) groups is 3. The highest BCUT2D eigenvalue weighted by Crippen LogP contribution is 2.36. The third-order valence-electron chi connectivity index (χ3n) is 8.62. The number of hydrogen-bond acceptors (Lipinski definition) is 4. The molecule has 7 heteroatoms. The van der Waals surface area contributed by atoms with E-state index in [2.05, 4.69) is 29.6 Å². The minimum atomic E-state index is -0.692. The molecule has 1 unspecified atom stereocenters. The Morgan fingerprint density at radius 2 is 1.48 bits per heavy atom. The van der Waals surface area contributed by atoms with Crippen LogP contribution in [0.4, 0.5) is 0 Å². The summed E-state index contributed by atoms with van der Waals surface area (Å²) in [6.45, 7) is 4.71. The average molecular weight is 595 g/mol. The van der Waals surface area contributed by atoms with Crippen molar-refractivity contribution in [3.8, 4) is 11.1 Å². The number of piperidine rings is 1. The number of nitrogens with zero attached hydrogens (tertiary/aromatic N) is 2. The van der Waals surface area contributed by atoms with Crippen molar-refractivity contribution in [1.82, 2.24) is 15.1 Å². The monoisotopic (exact) mass is 594 g/mol. The van der Waals surface area contributed by atoms with Gasteiger partial charge in [0.2, 0.25) is 17.7 Å². The van der Waals surface area contributed by atoms with Gasteiger partial charge in [0.05, 0.1) is 5.41 Å². The van der Waals surface area contributed by atoms with Crippen LogP contribution in [0.3, 0.4) is 0 Å². The molecule has 0 bridgehead atoms. The highest BCUT2D eigenvalue weighted by Gasteiger charge is 2.43. The third kappa shape index (κ3) is 8.44. The number of rotatable bonds is 11. The van der Waals surface area contributed by atoms with Gasteiger partial charge in [-0.3, -0.25) is 14.4 Å². The molecule has 3 aromatic carbocycles. The van der Waals surface area contributed by atoms with Gasteiger partial charge in [0.15, 0.2) is 0 Å². The Morgan fingerprint density at radius 3 is 2.05 bits per heavy atom. The molecular weight excluding hydrogens is 548 g/mol. The highest BCUT2D eigenvalue weighted by molar-refractivity contribution is 5.93. The third-order valence-corrected chi connectivity index (χ3v) is 8.62. The average Bonchev–Trinajstić information content (AvgIpc) is 3.03. The Morgan fingerprint density at radius 1 is 0.909 bits per heavy atom. The van der Waals surface area contributed by atoms with E-state index < -0.39 is 17.0 Å².